The molecule has 3 aromatic rings. The van der Waals surface area contributed by atoms with Crippen LogP contribution >= 0.6 is 15.9 Å². The largest absolute Gasteiger partial charge is 0.333 e. The van der Waals surface area contributed by atoms with Crippen LogP contribution in [0.2, 0.25) is 0 Å². The van der Waals surface area contributed by atoms with Gasteiger partial charge in [-0.1, -0.05) is 12.1 Å². The molecule has 1 heterocycles. The molecule has 0 spiro atoms. The van der Waals surface area contributed by atoms with E-state index in [1.807, 2.05) is 36.5 Å². The summed E-state index contributed by atoms with van der Waals surface area (Å²) in [5.41, 5.74) is 7.63. The van der Waals surface area contributed by atoms with E-state index in [1.54, 1.807) is 10.9 Å². The number of nitrogens with zero attached hydrogens (tertiary/aromatic N) is 2. The van der Waals surface area contributed by atoms with Crippen LogP contribution in [0.4, 0.5) is 14.9 Å². The van der Waals surface area contributed by atoms with Crippen molar-refractivity contribution in [1.82, 2.24) is 20.5 Å². The fourth-order valence-corrected chi connectivity index (χ4v) is 2.62. The number of urea groups is 1. The Hall–Kier alpha value is -2.87. The molecular weight excluding hydrogens is 389 g/mol. The van der Waals surface area contributed by atoms with Gasteiger partial charge in [-0.2, -0.15) is 5.10 Å². The lowest BCUT2D eigenvalue weighted by Gasteiger charge is -2.12. The first-order valence-electron chi connectivity index (χ1n) is 7.46. The summed E-state index contributed by atoms with van der Waals surface area (Å²) in [6, 6.07) is 13.3. The molecular formula is C17H15BrFN5O. The van der Waals surface area contributed by atoms with E-state index < -0.39 is 6.03 Å². The second-order valence-electron chi connectivity index (χ2n) is 5.18. The van der Waals surface area contributed by atoms with E-state index in [0.717, 1.165) is 11.3 Å². The first-order chi connectivity index (χ1) is 12.1. The Kier molecular flexibility index (Phi) is 5.30. The average molecular weight is 404 g/mol. The van der Waals surface area contributed by atoms with Crippen molar-refractivity contribution in [2.24, 2.45) is 0 Å². The molecule has 0 atom stereocenters. The Morgan fingerprint density at radius 1 is 1.20 bits per heavy atom. The molecule has 3 rings (SSSR count). The van der Waals surface area contributed by atoms with Gasteiger partial charge in [-0.25, -0.2) is 13.9 Å². The SMILES string of the molecule is O=C(NCc1cccc(-n2cccn2)c1)NNc1ccc(F)cc1Br. The molecule has 0 fully saturated rings. The highest BCUT2D eigenvalue weighted by Gasteiger charge is 2.04. The van der Waals surface area contributed by atoms with Crippen LogP contribution in [-0.4, -0.2) is 15.8 Å². The molecule has 8 heteroatoms. The van der Waals surface area contributed by atoms with E-state index in [4.69, 9.17) is 0 Å². The number of anilines is 1. The number of benzene rings is 2. The van der Waals surface area contributed by atoms with Gasteiger partial charge in [0.15, 0.2) is 0 Å². The highest BCUT2D eigenvalue weighted by molar-refractivity contribution is 9.10. The summed E-state index contributed by atoms with van der Waals surface area (Å²) >= 11 is 3.22. The molecule has 6 nitrogen and oxygen atoms in total. The fourth-order valence-electron chi connectivity index (χ4n) is 2.17. The highest BCUT2D eigenvalue weighted by Crippen LogP contribution is 2.22. The second kappa shape index (κ2) is 7.80. The Balaban J connectivity index is 1.53. The van der Waals surface area contributed by atoms with Crippen LogP contribution in [0.25, 0.3) is 5.69 Å². The van der Waals surface area contributed by atoms with E-state index in [0.29, 0.717) is 16.7 Å². The Morgan fingerprint density at radius 3 is 2.84 bits per heavy atom. The van der Waals surface area contributed by atoms with Crippen molar-refractivity contribution >= 4 is 27.6 Å². The van der Waals surface area contributed by atoms with Crippen LogP contribution in [0, 0.1) is 5.82 Å². The van der Waals surface area contributed by atoms with Crippen LogP contribution < -0.4 is 16.2 Å². The van der Waals surface area contributed by atoms with Gasteiger partial charge >= 0.3 is 6.03 Å². The third-order valence-electron chi connectivity index (χ3n) is 3.37. The van der Waals surface area contributed by atoms with Crippen LogP contribution in [0.5, 0.6) is 0 Å². The van der Waals surface area contributed by atoms with Gasteiger partial charge in [0, 0.05) is 23.4 Å². The van der Waals surface area contributed by atoms with E-state index in [-0.39, 0.29) is 5.82 Å². The predicted molar refractivity (Wildman–Crippen MR) is 96.7 cm³/mol. The topological polar surface area (TPSA) is 71.0 Å². The number of hydrazine groups is 1. The van der Waals surface area contributed by atoms with Gasteiger partial charge in [0.25, 0.3) is 0 Å². The third kappa shape index (κ3) is 4.57. The quantitative estimate of drug-likeness (QED) is 0.570. The van der Waals surface area contributed by atoms with Gasteiger partial charge in [-0.3, -0.25) is 10.9 Å². The summed E-state index contributed by atoms with van der Waals surface area (Å²) in [6.45, 7) is 0.354. The number of carbonyl (C=O) groups is 1. The van der Waals surface area contributed by atoms with Crippen LogP contribution in [0.1, 0.15) is 5.56 Å². The monoisotopic (exact) mass is 403 g/mol. The molecule has 0 aliphatic heterocycles. The van der Waals surface area contributed by atoms with Crippen molar-refractivity contribution in [1.29, 1.82) is 0 Å². The lowest BCUT2D eigenvalue weighted by molar-refractivity contribution is 0.242. The Morgan fingerprint density at radius 2 is 2.08 bits per heavy atom. The van der Waals surface area contributed by atoms with Crippen molar-refractivity contribution in [3.63, 3.8) is 0 Å². The average Bonchev–Trinajstić information content (AvgIpc) is 3.14. The zero-order valence-electron chi connectivity index (χ0n) is 13.0. The molecule has 0 unspecified atom stereocenters. The smallest absolute Gasteiger partial charge is 0.333 e. The third-order valence-corrected chi connectivity index (χ3v) is 4.03. The standard InChI is InChI=1S/C17H15BrFN5O/c18-15-10-13(19)5-6-16(15)22-23-17(25)20-11-12-3-1-4-14(9-12)24-8-2-7-21-24/h1-10,22H,11H2,(H2,20,23,25). The minimum atomic E-state index is -0.402. The van der Waals surface area contributed by atoms with Gasteiger partial charge < -0.3 is 5.32 Å². The van der Waals surface area contributed by atoms with E-state index in [2.05, 4.69) is 37.2 Å². The van der Waals surface area contributed by atoms with E-state index >= 15 is 0 Å². The molecule has 0 saturated heterocycles. The van der Waals surface area contributed by atoms with Crippen molar-refractivity contribution in [2.45, 2.75) is 6.54 Å². The number of nitrogens with one attached hydrogen (secondary N) is 3. The lowest BCUT2D eigenvalue weighted by Crippen LogP contribution is -2.38. The summed E-state index contributed by atoms with van der Waals surface area (Å²) < 4.78 is 15.3. The van der Waals surface area contributed by atoms with Crippen LogP contribution in [0.15, 0.2) is 65.4 Å². The van der Waals surface area contributed by atoms with E-state index in [1.165, 1.54) is 18.2 Å². The summed E-state index contributed by atoms with van der Waals surface area (Å²) in [6.07, 6.45) is 3.56. The predicted octanol–water partition coefficient (Wildman–Crippen LogP) is 3.60. The van der Waals surface area contributed by atoms with Gasteiger partial charge in [0.2, 0.25) is 0 Å². The number of rotatable bonds is 5. The Labute approximate surface area is 152 Å². The zero-order valence-corrected chi connectivity index (χ0v) is 14.6. The number of amides is 2. The number of hydrogen-bond donors (Lipinski definition) is 3. The minimum absolute atomic E-state index is 0.354. The highest BCUT2D eigenvalue weighted by atomic mass is 79.9. The van der Waals surface area contributed by atoms with Gasteiger partial charge in [-0.05, 0) is 57.9 Å². The Bertz CT molecular complexity index is 869. The van der Waals surface area contributed by atoms with E-state index in [9.17, 15) is 9.18 Å². The maximum absolute atomic E-state index is 13.0. The number of carbonyl (C=O) groups excluding carboxylic acids is 1. The normalized spacial score (nSPS) is 10.3. The molecule has 0 saturated carbocycles. The lowest BCUT2D eigenvalue weighted by atomic mass is 10.2. The molecule has 2 aromatic carbocycles. The number of aromatic nitrogens is 2. The van der Waals surface area contributed by atoms with Crippen molar-refractivity contribution in [2.75, 3.05) is 5.43 Å². The van der Waals surface area contributed by atoms with Gasteiger partial charge in [0.05, 0.1) is 11.4 Å². The first kappa shape index (κ1) is 17.0. The molecule has 3 N–H and O–H groups in total. The molecule has 2 amide bonds. The second-order valence-corrected chi connectivity index (χ2v) is 6.03. The molecule has 0 aliphatic rings. The first-order valence-corrected chi connectivity index (χ1v) is 8.25. The van der Waals surface area contributed by atoms with Crippen LogP contribution in [-0.2, 0) is 6.54 Å². The van der Waals surface area contributed by atoms with Crippen LogP contribution in [0.3, 0.4) is 0 Å². The number of halogens is 2. The number of hydrogen-bond acceptors (Lipinski definition) is 3. The summed E-state index contributed by atoms with van der Waals surface area (Å²) in [7, 11) is 0. The molecule has 0 bridgehead atoms. The summed E-state index contributed by atoms with van der Waals surface area (Å²) in [5.74, 6) is -0.362. The van der Waals surface area contributed by atoms with Crippen molar-refractivity contribution in [3.05, 3.63) is 76.8 Å². The van der Waals surface area contributed by atoms with Gasteiger partial charge in [-0.15, -0.1) is 0 Å². The van der Waals surface area contributed by atoms with Crippen molar-refractivity contribution in [3.8, 4) is 5.69 Å². The minimum Gasteiger partial charge on any atom is -0.333 e. The maximum Gasteiger partial charge on any atom is 0.333 e. The molecule has 128 valence electrons. The van der Waals surface area contributed by atoms with Gasteiger partial charge in [0.1, 0.15) is 5.82 Å². The maximum atomic E-state index is 13.0. The molecule has 25 heavy (non-hydrogen) atoms. The molecule has 1 aromatic heterocycles. The van der Waals surface area contributed by atoms with Crippen molar-refractivity contribution < 1.29 is 9.18 Å². The molecule has 0 radical (unpaired) electrons. The fraction of sp³-hybridized carbons (Fsp3) is 0.0588. The summed E-state index contributed by atoms with van der Waals surface area (Å²) in [4.78, 5) is 11.9. The summed E-state index contributed by atoms with van der Waals surface area (Å²) in [5, 5.41) is 6.92. The molecule has 0 aliphatic carbocycles. The zero-order chi connectivity index (χ0) is 17.6.